The van der Waals surface area contributed by atoms with Gasteiger partial charge in [-0.3, -0.25) is 14.8 Å². The van der Waals surface area contributed by atoms with Crippen LogP contribution >= 0.6 is 23.2 Å². The molecule has 0 bridgehead atoms. The van der Waals surface area contributed by atoms with Gasteiger partial charge in [-0.15, -0.1) is 0 Å². The molecule has 8 nitrogen and oxygen atoms in total. The second kappa shape index (κ2) is 10.0. The summed E-state index contributed by atoms with van der Waals surface area (Å²) in [6.45, 7) is 2.12. The first kappa shape index (κ1) is 22.1. The number of halogens is 2. The van der Waals surface area contributed by atoms with Gasteiger partial charge in [0.25, 0.3) is 5.56 Å². The third kappa shape index (κ3) is 5.20. The highest BCUT2D eigenvalue weighted by Gasteiger charge is 2.22. The molecule has 2 aromatic heterocycles. The topological polar surface area (TPSA) is 110 Å². The number of H-pyrrole nitrogens is 1. The van der Waals surface area contributed by atoms with Crippen molar-refractivity contribution < 1.29 is 0 Å². The highest BCUT2D eigenvalue weighted by molar-refractivity contribution is 6.42. The predicted octanol–water partition coefficient (Wildman–Crippen LogP) is 4.16. The van der Waals surface area contributed by atoms with Crippen LogP contribution in [0.4, 0.5) is 17.3 Å². The molecule has 1 aliphatic rings. The Hall–Kier alpha value is -3.10. The largest absolute Gasteiger partial charge is 0.376 e. The van der Waals surface area contributed by atoms with Crippen molar-refractivity contribution in [3.63, 3.8) is 0 Å². The molecular weight excluding hydrogens is 449 g/mol. The van der Waals surface area contributed by atoms with Crippen LogP contribution < -0.4 is 21.1 Å². The third-order valence-electron chi connectivity index (χ3n) is 5.38. The van der Waals surface area contributed by atoms with E-state index in [-0.39, 0.29) is 17.5 Å². The van der Waals surface area contributed by atoms with Crippen molar-refractivity contribution >= 4 is 46.7 Å². The second-order valence-electron chi connectivity index (χ2n) is 7.54. The molecule has 1 fully saturated rings. The molecule has 10 heteroatoms. The Morgan fingerprint density at radius 3 is 2.72 bits per heavy atom. The minimum atomic E-state index is -0.315. The van der Waals surface area contributed by atoms with E-state index in [4.69, 9.17) is 28.6 Å². The molecule has 0 aliphatic carbocycles. The summed E-state index contributed by atoms with van der Waals surface area (Å²) in [5, 5.41) is 15.0. The fourth-order valence-corrected chi connectivity index (χ4v) is 4.00. The fourth-order valence-electron chi connectivity index (χ4n) is 3.68. The molecule has 0 amide bonds. The van der Waals surface area contributed by atoms with Crippen LogP contribution in [0.1, 0.15) is 24.1 Å². The van der Waals surface area contributed by atoms with Gasteiger partial charge in [-0.25, -0.2) is 4.98 Å². The molecule has 32 heavy (non-hydrogen) atoms. The summed E-state index contributed by atoms with van der Waals surface area (Å²) >= 11 is 12.0. The quantitative estimate of drug-likeness (QED) is 0.385. The smallest absolute Gasteiger partial charge is 0.276 e. The van der Waals surface area contributed by atoms with E-state index in [0.29, 0.717) is 28.0 Å². The Morgan fingerprint density at radius 1 is 1.22 bits per heavy atom. The van der Waals surface area contributed by atoms with Crippen LogP contribution in [0.15, 0.2) is 47.5 Å². The number of nitrogens with one attached hydrogen (secondary N) is 4. The first-order chi connectivity index (χ1) is 15.5. The molecule has 0 atom stereocenters. The van der Waals surface area contributed by atoms with Crippen LogP contribution in [0.25, 0.3) is 0 Å². The molecular formula is C22H23Cl2N7O. The van der Waals surface area contributed by atoms with E-state index in [9.17, 15) is 4.79 Å². The molecule has 1 aromatic carbocycles. The lowest BCUT2D eigenvalue weighted by Gasteiger charge is -2.34. The van der Waals surface area contributed by atoms with E-state index in [1.807, 2.05) is 24.4 Å². The van der Waals surface area contributed by atoms with Gasteiger partial charge in [0.1, 0.15) is 11.4 Å². The van der Waals surface area contributed by atoms with Gasteiger partial charge in [-0.2, -0.15) is 0 Å². The van der Waals surface area contributed by atoms with Gasteiger partial charge >= 0.3 is 0 Å². The lowest BCUT2D eigenvalue weighted by atomic mass is 10.0. The van der Waals surface area contributed by atoms with Crippen LogP contribution in [-0.2, 0) is 6.54 Å². The van der Waals surface area contributed by atoms with Crippen molar-refractivity contribution in [2.75, 3.05) is 28.6 Å². The zero-order chi connectivity index (χ0) is 22.5. The summed E-state index contributed by atoms with van der Waals surface area (Å²) < 4.78 is 0. The van der Waals surface area contributed by atoms with Crippen molar-refractivity contribution in [1.29, 1.82) is 5.41 Å². The molecule has 0 unspecified atom stereocenters. The van der Waals surface area contributed by atoms with Crippen molar-refractivity contribution in [2.45, 2.75) is 25.4 Å². The molecule has 0 spiro atoms. The predicted molar refractivity (Wildman–Crippen MR) is 130 cm³/mol. The van der Waals surface area contributed by atoms with Crippen LogP contribution in [0, 0.1) is 5.41 Å². The standard InChI is InChI=1S/C22H23Cl2N7O/c23-17-4-3-14(10-18(17)24)12-27-22-29-19(11-25)20(21(32)30-22)28-15-5-8-31(9-6-15)16-2-1-7-26-13-16/h1-4,7,10-11,13,15,25,28H,5-6,8-9,12H2,(H2,27,29,30,32). The summed E-state index contributed by atoms with van der Waals surface area (Å²) in [6, 6.07) is 9.40. The number of aromatic amines is 1. The van der Waals surface area contributed by atoms with Crippen molar-refractivity contribution in [3.8, 4) is 0 Å². The Balaban J connectivity index is 1.40. The van der Waals surface area contributed by atoms with Gasteiger partial charge in [-0.1, -0.05) is 29.3 Å². The van der Waals surface area contributed by atoms with Crippen molar-refractivity contribution in [3.05, 3.63) is 74.4 Å². The minimum absolute atomic E-state index is 0.125. The zero-order valence-corrected chi connectivity index (χ0v) is 18.7. The van der Waals surface area contributed by atoms with E-state index >= 15 is 0 Å². The molecule has 1 aliphatic heterocycles. The van der Waals surface area contributed by atoms with Gasteiger partial charge in [0.15, 0.2) is 0 Å². The van der Waals surface area contributed by atoms with E-state index in [2.05, 4.69) is 30.5 Å². The molecule has 0 saturated carbocycles. The maximum atomic E-state index is 12.7. The fraction of sp³-hybridized carbons (Fsp3) is 0.273. The molecule has 3 aromatic rings. The number of hydrogen-bond donors (Lipinski definition) is 4. The third-order valence-corrected chi connectivity index (χ3v) is 6.12. The average molecular weight is 472 g/mol. The SMILES string of the molecule is N=Cc1nc(NCc2ccc(Cl)c(Cl)c2)[nH]c(=O)c1NC1CCN(c2cccnc2)CC1. The van der Waals surface area contributed by atoms with Crippen molar-refractivity contribution in [2.24, 2.45) is 0 Å². The molecule has 4 N–H and O–H groups in total. The number of piperidine rings is 1. The molecule has 4 rings (SSSR count). The molecule has 0 radical (unpaired) electrons. The van der Waals surface area contributed by atoms with Crippen LogP contribution in [-0.4, -0.2) is 40.3 Å². The van der Waals surface area contributed by atoms with E-state index in [1.54, 1.807) is 18.3 Å². The molecule has 1 saturated heterocycles. The molecule has 166 valence electrons. The van der Waals surface area contributed by atoms with Gasteiger partial charge in [0.2, 0.25) is 5.95 Å². The maximum Gasteiger partial charge on any atom is 0.276 e. The van der Waals surface area contributed by atoms with Crippen LogP contribution in [0.3, 0.4) is 0 Å². The number of benzene rings is 1. The Bertz CT molecular complexity index is 1140. The normalized spacial score (nSPS) is 14.2. The van der Waals surface area contributed by atoms with E-state index in [0.717, 1.165) is 43.4 Å². The lowest BCUT2D eigenvalue weighted by Crippen LogP contribution is -2.40. The minimum Gasteiger partial charge on any atom is -0.376 e. The number of pyridine rings is 1. The van der Waals surface area contributed by atoms with E-state index in [1.165, 1.54) is 0 Å². The van der Waals surface area contributed by atoms with Gasteiger partial charge in [0.05, 0.1) is 21.9 Å². The highest BCUT2D eigenvalue weighted by Crippen LogP contribution is 2.23. The zero-order valence-electron chi connectivity index (χ0n) is 17.2. The second-order valence-corrected chi connectivity index (χ2v) is 8.35. The summed E-state index contributed by atoms with van der Waals surface area (Å²) in [6.07, 6.45) is 6.44. The first-order valence-electron chi connectivity index (χ1n) is 10.3. The maximum absolute atomic E-state index is 12.7. The van der Waals surface area contributed by atoms with E-state index < -0.39 is 0 Å². The first-order valence-corrected chi connectivity index (χ1v) is 11.0. The summed E-state index contributed by atoms with van der Waals surface area (Å²) in [5.74, 6) is 0.288. The Kier molecular flexibility index (Phi) is 6.92. The number of aromatic nitrogens is 3. The summed E-state index contributed by atoms with van der Waals surface area (Å²) in [4.78, 5) is 26.3. The molecule has 3 heterocycles. The summed E-state index contributed by atoms with van der Waals surface area (Å²) in [7, 11) is 0. The highest BCUT2D eigenvalue weighted by atomic mass is 35.5. The number of nitrogens with zero attached hydrogens (tertiary/aromatic N) is 3. The Morgan fingerprint density at radius 2 is 2.03 bits per heavy atom. The summed E-state index contributed by atoms with van der Waals surface area (Å²) in [5.41, 5.74) is 2.29. The number of anilines is 3. The van der Waals surface area contributed by atoms with Crippen LogP contribution in [0.5, 0.6) is 0 Å². The lowest BCUT2D eigenvalue weighted by molar-refractivity contribution is 0.525. The van der Waals surface area contributed by atoms with Crippen LogP contribution in [0.2, 0.25) is 10.0 Å². The van der Waals surface area contributed by atoms with Gasteiger partial charge in [0, 0.05) is 38.1 Å². The number of rotatable bonds is 7. The van der Waals surface area contributed by atoms with Gasteiger partial charge in [-0.05, 0) is 42.7 Å². The monoisotopic (exact) mass is 471 g/mol. The number of hydrogen-bond acceptors (Lipinski definition) is 7. The Labute approximate surface area is 195 Å². The average Bonchev–Trinajstić information content (AvgIpc) is 2.82. The van der Waals surface area contributed by atoms with Crippen molar-refractivity contribution in [1.82, 2.24) is 15.0 Å². The van der Waals surface area contributed by atoms with Gasteiger partial charge < -0.3 is 20.9 Å².